The van der Waals surface area contributed by atoms with Gasteiger partial charge in [-0.3, -0.25) is 4.79 Å². The predicted molar refractivity (Wildman–Crippen MR) is 97.5 cm³/mol. The van der Waals surface area contributed by atoms with Crippen molar-refractivity contribution in [3.05, 3.63) is 59.4 Å². The zero-order valence-electron chi connectivity index (χ0n) is 13.3. The first-order chi connectivity index (χ1) is 11.6. The molecule has 4 rings (SSSR count). The molecule has 0 saturated heterocycles. The second-order valence-corrected chi connectivity index (χ2v) is 6.34. The van der Waals surface area contributed by atoms with Gasteiger partial charge in [0.1, 0.15) is 5.65 Å². The summed E-state index contributed by atoms with van der Waals surface area (Å²) in [6.07, 6.45) is 3.92. The normalized spacial score (nSPS) is 13.3. The molecule has 0 unspecified atom stereocenters. The lowest BCUT2D eigenvalue weighted by Gasteiger charge is -2.16. The van der Waals surface area contributed by atoms with E-state index >= 15 is 0 Å². The average molecular weight is 338 g/mol. The summed E-state index contributed by atoms with van der Waals surface area (Å²) in [5, 5.41) is 1.58. The monoisotopic (exact) mass is 337 g/mol. The number of aryl methyl sites for hydroxylation is 1. The molecule has 0 radical (unpaired) electrons. The van der Waals surface area contributed by atoms with E-state index in [0.29, 0.717) is 11.6 Å². The highest BCUT2D eigenvalue weighted by molar-refractivity contribution is 6.36. The van der Waals surface area contributed by atoms with Crippen LogP contribution in [0.4, 0.5) is 5.69 Å². The lowest BCUT2D eigenvalue weighted by molar-refractivity contribution is -0.114. The molecule has 3 heterocycles. The molecule has 1 aromatic carbocycles. The number of carbonyl (C=O) groups is 1. The molecule has 24 heavy (non-hydrogen) atoms. The lowest BCUT2D eigenvalue weighted by atomic mass is 10.0. The van der Waals surface area contributed by atoms with Crippen molar-refractivity contribution >= 4 is 34.2 Å². The number of pyridine rings is 1. The van der Waals surface area contributed by atoms with Crippen molar-refractivity contribution in [2.45, 2.75) is 13.3 Å². The topological polar surface area (TPSA) is 49.0 Å². The summed E-state index contributed by atoms with van der Waals surface area (Å²) in [6, 6.07) is 8.02. The Morgan fingerprint density at radius 3 is 3.04 bits per heavy atom. The number of aromatic amines is 1. The average Bonchev–Trinajstić information content (AvgIpc) is 3.14. The number of H-pyrrole nitrogens is 1. The molecule has 1 aliphatic rings. The van der Waals surface area contributed by atoms with Crippen LogP contribution in [0.25, 0.3) is 22.2 Å². The minimum absolute atomic E-state index is 0.0683. The van der Waals surface area contributed by atoms with Crippen LogP contribution in [0.5, 0.6) is 0 Å². The summed E-state index contributed by atoms with van der Waals surface area (Å²) >= 11 is 6.41. The van der Waals surface area contributed by atoms with Crippen LogP contribution in [0, 0.1) is 6.92 Å². The van der Waals surface area contributed by atoms with Gasteiger partial charge in [0.15, 0.2) is 0 Å². The molecule has 0 atom stereocenters. The van der Waals surface area contributed by atoms with Gasteiger partial charge in [-0.15, -0.1) is 0 Å². The fourth-order valence-corrected chi connectivity index (χ4v) is 3.67. The molecule has 3 aromatic rings. The van der Waals surface area contributed by atoms with Crippen LogP contribution in [0.1, 0.15) is 11.3 Å². The van der Waals surface area contributed by atoms with Gasteiger partial charge < -0.3 is 9.88 Å². The molecule has 1 aliphatic heterocycles. The third-order valence-electron chi connectivity index (χ3n) is 4.54. The lowest BCUT2D eigenvalue weighted by Crippen LogP contribution is -2.26. The zero-order chi connectivity index (χ0) is 16.8. The highest BCUT2D eigenvalue weighted by Gasteiger charge is 2.24. The highest BCUT2D eigenvalue weighted by atomic mass is 35.5. The molecule has 0 bridgehead atoms. The maximum absolute atomic E-state index is 12.1. The highest BCUT2D eigenvalue weighted by Crippen LogP contribution is 2.39. The number of benzene rings is 1. The first kappa shape index (κ1) is 15.0. The summed E-state index contributed by atoms with van der Waals surface area (Å²) in [6.45, 7) is 6.30. The van der Waals surface area contributed by atoms with Gasteiger partial charge in [-0.2, -0.15) is 0 Å². The van der Waals surface area contributed by atoms with Crippen LogP contribution in [-0.4, -0.2) is 22.4 Å². The molecular formula is C19H16ClN3O. The second kappa shape index (κ2) is 5.49. The number of amides is 1. The first-order valence-corrected chi connectivity index (χ1v) is 8.18. The summed E-state index contributed by atoms with van der Waals surface area (Å²) in [5.41, 5.74) is 5.96. The third-order valence-corrected chi connectivity index (χ3v) is 4.86. The van der Waals surface area contributed by atoms with Crippen LogP contribution in [-0.2, 0) is 11.2 Å². The number of halogens is 1. The summed E-state index contributed by atoms with van der Waals surface area (Å²) in [5.74, 6) is -0.0683. The summed E-state index contributed by atoms with van der Waals surface area (Å²) < 4.78 is 0. The Balaban J connectivity index is 1.92. The van der Waals surface area contributed by atoms with Gasteiger partial charge in [-0.1, -0.05) is 30.3 Å². The standard InChI is InChI=1S/C19H16ClN3O/c1-3-16(24)23-9-7-12-4-5-13(10-15(12)23)17-11(2)22-19-18(17)14(20)6-8-21-19/h3-6,8,10H,1,7,9H2,2H3,(H,21,22). The van der Waals surface area contributed by atoms with Crippen molar-refractivity contribution in [2.75, 3.05) is 11.4 Å². The molecule has 1 N–H and O–H groups in total. The van der Waals surface area contributed by atoms with Gasteiger partial charge in [0, 0.05) is 35.1 Å². The zero-order valence-corrected chi connectivity index (χ0v) is 14.0. The van der Waals surface area contributed by atoms with Crippen molar-refractivity contribution in [3.8, 4) is 11.1 Å². The van der Waals surface area contributed by atoms with Crippen molar-refractivity contribution in [2.24, 2.45) is 0 Å². The molecule has 5 heteroatoms. The minimum atomic E-state index is -0.0683. The van der Waals surface area contributed by atoms with Crippen LogP contribution in [0.2, 0.25) is 5.02 Å². The Morgan fingerprint density at radius 2 is 2.25 bits per heavy atom. The SMILES string of the molecule is C=CC(=O)N1CCc2ccc(-c3c(C)[nH]c4nccc(Cl)c34)cc21. The third kappa shape index (κ3) is 2.14. The Bertz CT molecular complexity index is 990. The van der Waals surface area contributed by atoms with E-state index in [1.807, 2.05) is 6.92 Å². The van der Waals surface area contributed by atoms with Gasteiger partial charge in [-0.25, -0.2) is 4.98 Å². The molecule has 0 aliphatic carbocycles. The van der Waals surface area contributed by atoms with Gasteiger partial charge in [0.05, 0.1) is 5.02 Å². The Labute approximate surface area is 144 Å². The quantitative estimate of drug-likeness (QED) is 0.710. The second-order valence-electron chi connectivity index (χ2n) is 5.93. The van der Waals surface area contributed by atoms with Crippen molar-refractivity contribution < 1.29 is 4.79 Å². The molecular weight excluding hydrogens is 322 g/mol. The summed E-state index contributed by atoms with van der Waals surface area (Å²) in [7, 11) is 0. The Hall–Kier alpha value is -2.59. The van der Waals surface area contributed by atoms with Crippen LogP contribution in [0.15, 0.2) is 43.1 Å². The van der Waals surface area contributed by atoms with E-state index in [2.05, 4.69) is 34.7 Å². The molecule has 120 valence electrons. The molecule has 2 aromatic heterocycles. The van der Waals surface area contributed by atoms with E-state index in [0.717, 1.165) is 40.0 Å². The molecule has 4 nitrogen and oxygen atoms in total. The van der Waals surface area contributed by atoms with E-state index in [1.54, 1.807) is 17.2 Å². The Kier molecular flexibility index (Phi) is 3.43. The van der Waals surface area contributed by atoms with Crippen molar-refractivity contribution in [3.63, 3.8) is 0 Å². The number of nitrogens with zero attached hydrogens (tertiary/aromatic N) is 2. The van der Waals surface area contributed by atoms with E-state index in [9.17, 15) is 4.79 Å². The van der Waals surface area contributed by atoms with Gasteiger partial charge in [-0.05, 0) is 42.7 Å². The number of nitrogens with one attached hydrogen (secondary N) is 1. The molecule has 1 amide bonds. The van der Waals surface area contributed by atoms with E-state index in [-0.39, 0.29) is 5.91 Å². The van der Waals surface area contributed by atoms with Crippen LogP contribution >= 0.6 is 11.6 Å². The van der Waals surface area contributed by atoms with Crippen molar-refractivity contribution in [1.82, 2.24) is 9.97 Å². The Morgan fingerprint density at radius 1 is 1.42 bits per heavy atom. The smallest absolute Gasteiger partial charge is 0.250 e. The van der Waals surface area contributed by atoms with Gasteiger partial charge in [0.25, 0.3) is 0 Å². The number of carbonyl (C=O) groups excluding carboxylic acids is 1. The van der Waals surface area contributed by atoms with E-state index in [1.165, 1.54) is 11.6 Å². The van der Waals surface area contributed by atoms with Gasteiger partial charge in [0.2, 0.25) is 5.91 Å². The predicted octanol–water partition coefficient (Wildman–Crippen LogP) is 4.27. The molecule has 0 fully saturated rings. The number of anilines is 1. The van der Waals surface area contributed by atoms with Crippen molar-refractivity contribution in [1.29, 1.82) is 0 Å². The maximum atomic E-state index is 12.1. The van der Waals surface area contributed by atoms with E-state index < -0.39 is 0 Å². The fraction of sp³-hybridized carbons (Fsp3) is 0.158. The number of hydrogen-bond acceptors (Lipinski definition) is 2. The largest absolute Gasteiger partial charge is 0.343 e. The number of fused-ring (bicyclic) bond motifs is 2. The molecule has 0 spiro atoms. The van der Waals surface area contributed by atoms with Gasteiger partial charge >= 0.3 is 0 Å². The maximum Gasteiger partial charge on any atom is 0.250 e. The van der Waals surface area contributed by atoms with E-state index in [4.69, 9.17) is 11.6 Å². The number of rotatable bonds is 2. The number of hydrogen-bond donors (Lipinski definition) is 1. The summed E-state index contributed by atoms with van der Waals surface area (Å²) in [4.78, 5) is 21.5. The first-order valence-electron chi connectivity index (χ1n) is 7.80. The minimum Gasteiger partial charge on any atom is -0.343 e. The number of aromatic nitrogens is 2. The molecule has 0 saturated carbocycles. The van der Waals surface area contributed by atoms with Crippen LogP contribution in [0.3, 0.4) is 0 Å². The van der Waals surface area contributed by atoms with Crippen LogP contribution < -0.4 is 4.90 Å². The fourth-order valence-electron chi connectivity index (χ4n) is 3.43.